The number of nitrogens with zero attached hydrogens (tertiary/aromatic N) is 1. The molecule has 0 spiro atoms. The number of rotatable bonds is 9. The largest absolute Gasteiger partial charge is 0.366 e. The van der Waals surface area contributed by atoms with Crippen LogP contribution in [0.3, 0.4) is 0 Å². The normalized spacial score (nSPS) is 26.8. The second kappa shape index (κ2) is 12.9. The summed E-state index contributed by atoms with van der Waals surface area (Å²) in [6, 6.07) is -0.124. The maximum Gasteiger partial charge on any atom is 0.317 e. The van der Waals surface area contributed by atoms with Crippen LogP contribution in [0, 0.1) is 0 Å². The highest BCUT2D eigenvalue weighted by molar-refractivity contribution is 6.55. The van der Waals surface area contributed by atoms with Crippen molar-refractivity contribution >= 4 is 27.1 Å². The first-order valence-electron chi connectivity index (χ1n) is 13.1. The Bertz CT molecular complexity index is 599. The molecular weight excluding hydrogens is 400 g/mol. The monoisotopic (exact) mass is 442 g/mol. The lowest BCUT2D eigenvalue weighted by atomic mass is 9.34. The van der Waals surface area contributed by atoms with Crippen molar-refractivity contribution in [3.8, 4) is 0 Å². The molecule has 0 aromatic carbocycles. The first-order valence-corrected chi connectivity index (χ1v) is 13.1. The maximum absolute atomic E-state index is 12.6. The van der Waals surface area contributed by atoms with E-state index < -0.39 is 0 Å². The molecule has 3 amide bonds. The van der Waals surface area contributed by atoms with E-state index >= 15 is 0 Å². The van der Waals surface area contributed by atoms with Gasteiger partial charge in [-0.3, -0.25) is 4.79 Å². The molecule has 32 heavy (non-hydrogen) atoms. The number of morpholine rings is 1. The van der Waals surface area contributed by atoms with Gasteiger partial charge in [0.15, 0.2) is 0 Å². The molecule has 1 saturated carbocycles. The van der Waals surface area contributed by atoms with Gasteiger partial charge in [0, 0.05) is 19.6 Å². The molecule has 2 saturated heterocycles. The molecular formula is C24H42B2N3O3. The van der Waals surface area contributed by atoms with E-state index in [0.717, 1.165) is 32.1 Å². The minimum atomic E-state index is -0.112. The SMILES string of the molecule is [B]C1([B]C(CCCC)CCCNC(=O)N2CC[C@H]3OCC(=O)N[C@@H]3C2)CCCCCCC1. The van der Waals surface area contributed by atoms with Gasteiger partial charge in [-0.15, -0.1) is 0 Å². The third-order valence-electron chi connectivity index (χ3n) is 7.42. The lowest BCUT2D eigenvalue weighted by Gasteiger charge is -2.41. The van der Waals surface area contributed by atoms with Crippen LogP contribution in [0.4, 0.5) is 4.79 Å². The number of carbonyl (C=O) groups excluding carboxylic acids is 2. The number of urea groups is 1. The zero-order valence-corrected chi connectivity index (χ0v) is 20.1. The second-order valence-electron chi connectivity index (χ2n) is 10.2. The Kier molecular flexibility index (Phi) is 10.3. The Morgan fingerprint density at radius 2 is 1.97 bits per heavy atom. The van der Waals surface area contributed by atoms with E-state index in [1.165, 1.54) is 51.4 Å². The average molecular weight is 442 g/mol. The molecule has 1 unspecified atom stereocenters. The molecule has 6 nitrogen and oxygen atoms in total. The summed E-state index contributed by atoms with van der Waals surface area (Å²) in [5.74, 6) is 0.437. The summed E-state index contributed by atoms with van der Waals surface area (Å²) in [7, 11) is 9.32. The molecule has 177 valence electrons. The minimum Gasteiger partial charge on any atom is -0.366 e. The van der Waals surface area contributed by atoms with Gasteiger partial charge in [-0.05, 0) is 12.8 Å². The zero-order valence-electron chi connectivity index (χ0n) is 20.1. The highest BCUT2D eigenvalue weighted by Crippen LogP contribution is 2.41. The molecule has 3 atom stereocenters. The van der Waals surface area contributed by atoms with Crippen molar-refractivity contribution in [2.45, 2.75) is 114 Å². The second-order valence-corrected chi connectivity index (χ2v) is 10.2. The van der Waals surface area contributed by atoms with Crippen molar-refractivity contribution in [3.63, 3.8) is 0 Å². The highest BCUT2D eigenvalue weighted by Gasteiger charge is 2.36. The van der Waals surface area contributed by atoms with E-state index in [-0.39, 0.29) is 35.9 Å². The summed E-state index contributed by atoms with van der Waals surface area (Å²) < 4.78 is 5.58. The first-order chi connectivity index (χ1) is 15.5. The number of nitrogens with one attached hydrogen (secondary N) is 2. The molecule has 2 aliphatic heterocycles. The Morgan fingerprint density at radius 1 is 1.25 bits per heavy atom. The molecule has 0 aromatic heterocycles. The lowest BCUT2D eigenvalue weighted by Crippen LogP contribution is -2.62. The van der Waals surface area contributed by atoms with Crippen LogP contribution in [0.25, 0.3) is 0 Å². The van der Waals surface area contributed by atoms with Crippen LogP contribution < -0.4 is 10.6 Å². The predicted octanol–water partition coefficient (Wildman–Crippen LogP) is 3.78. The number of fused-ring (bicyclic) bond motifs is 1. The molecule has 0 bridgehead atoms. The third-order valence-corrected chi connectivity index (χ3v) is 7.42. The van der Waals surface area contributed by atoms with Gasteiger partial charge in [0.2, 0.25) is 5.91 Å². The predicted molar refractivity (Wildman–Crippen MR) is 130 cm³/mol. The van der Waals surface area contributed by atoms with Crippen molar-refractivity contribution in [1.29, 1.82) is 0 Å². The number of unbranched alkanes of at least 4 members (excludes halogenated alkanes) is 1. The van der Waals surface area contributed by atoms with Gasteiger partial charge < -0.3 is 20.3 Å². The Labute approximate surface area is 197 Å². The summed E-state index contributed by atoms with van der Waals surface area (Å²) in [5, 5.41) is 5.93. The standard InChI is InChI=1S/C24H42B2N3O3/c1-2-3-10-19(26-24(25)13-7-5-4-6-8-14-24)11-9-15-27-23(31)29-16-12-21-20(17-29)28-22(30)18-32-21/h19-21H,2-18H2,1H3,(H,27,31)(H,28,30)/t19?,20-,21-/m1/s1. The van der Waals surface area contributed by atoms with E-state index in [9.17, 15) is 9.59 Å². The van der Waals surface area contributed by atoms with E-state index in [1.807, 2.05) is 0 Å². The average Bonchev–Trinajstić information content (AvgIpc) is 2.77. The lowest BCUT2D eigenvalue weighted by molar-refractivity contribution is -0.139. The first kappa shape index (κ1) is 25.5. The highest BCUT2D eigenvalue weighted by atomic mass is 16.5. The number of piperidine rings is 1. The number of hydrogen-bond acceptors (Lipinski definition) is 3. The van der Waals surface area contributed by atoms with Gasteiger partial charge in [0.05, 0.1) is 20.0 Å². The van der Waals surface area contributed by atoms with Gasteiger partial charge in [0.1, 0.15) is 13.9 Å². The Morgan fingerprint density at radius 3 is 2.72 bits per heavy atom. The smallest absolute Gasteiger partial charge is 0.317 e. The third kappa shape index (κ3) is 8.00. The van der Waals surface area contributed by atoms with Crippen LogP contribution in [-0.4, -0.2) is 70.4 Å². The molecule has 8 heteroatoms. The van der Waals surface area contributed by atoms with Gasteiger partial charge in [-0.25, -0.2) is 4.79 Å². The molecule has 1 aliphatic carbocycles. The summed E-state index contributed by atoms with van der Waals surface area (Å²) in [5.41, 5.74) is 0. The Balaban J connectivity index is 1.40. The Hall–Kier alpha value is -1.17. The van der Waals surface area contributed by atoms with E-state index in [2.05, 4.69) is 24.8 Å². The summed E-state index contributed by atoms with van der Waals surface area (Å²) in [6.07, 6.45) is 15.2. The molecule has 0 aromatic rings. The summed E-state index contributed by atoms with van der Waals surface area (Å²) in [4.78, 5) is 26.0. The molecule has 2 heterocycles. The van der Waals surface area contributed by atoms with Crippen molar-refractivity contribution < 1.29 is 14.3 Å². The van der Waals surface area contributed by atoms with Crippen molar-refractivity contribution in [2.75, 3.05) is 26.2 Å². The number of likely N-dealkylation sites (tertiary alicyclic amines) is 1. The van der Waals surface area contributed by atoms with Crippen LogP contribution in [0.1, 0.15) is 90.4 Å². The summed E-state index contributed by atoms with van der Waals surface area (Å²) in [6.45, 7) is 4.25. The van der Waals surface area contributed by atoms with Gasteiger partial charge in [0.25, 0.3) is 0 Å². The van der Waals surface area contributed by atoms with Crippen molar-refractivity contribution in [1.82, 2.24) is 15.5 Å². The maximum atomic E-state index is 12.6. The van der Waals surface area contributed by atoms with Gasteiger partial charge in [-0.2, -0.15) is 0 Å². The zero-order chi connectivity index (χ0) is 22.8. The quantitative estimate of drug-likeness (QED) is 0.422. The van der Waals surface area contributed by atoms with Crippen LogP contribution in [0.5, 0.6) is 0 Å². The van der Waals surface area contributed by atoms with Crippen LogP contribution in [0.2, 0.25) is 11.0 Å². The van der Waals surface area contributed by atoms with Gasteiger partial charge in [-0.1, -0.05) is 88.6 Å². The van der Waals surface area contributed by atoms with Crippen molar-refractivity contribution in [3.05, 3.63) is 0 Å². The molecule has 3 radical (unpaired) electrons. The molecule has 3 aliphatic rings. The number of ether oxygens (including phenoxy) is 1. The minimum absolute atomic E-state index is 0.0310. The number of amides is 3. The van der Waals surface area contributed by atoms with Crippen LogP contribution in [-0.2, 0) is 9.53 Å². The van der Waals surface area contributed by atoms with Crippen LogP contribution in [0.15, 0.2) is 0 Å². The van der Waals surface area contributed by atoms with E-state index in [1.54, 1.807) is 4.90 Å². The molecule has 2 N–H and O–H groups in total. The van der Waals surface area contributed by atoms with Gasteiger partial charge >= 0.3 is 6.03 Å². The van der Waals surface area contributed by atoms with E-state index in [0.29, 0.717) is 25.5 Å². The fraction of sp³-hybridized carbons (Fsp3) is 0.917. The summed E-state index contributed by atoms with van der Waals surface area (Å²) >= 11 is 0. The molecule has 3 rings (SSSR count). The number of carbonyl (C=O) groups is 2. The fourth-order valence-electron chi connectivity index (χ4n) is 5.53. The fourth-order valence-corrected chi connectivity index (χ4v) is 5.53. The van der Waals surface area contributed by atoms with E-state index in [4.69, 9.17) is 12.6 Å². The molecule has 3 fully saturated rings. The number of hydrogen-bond donors (Lipinski definition) is 2. The van der Waals surface area contributed by atoms with Crippen molar-refractivity contribution in [2.24, 2.45) is 0 Å². The van der Waals surface area contributed by atoms with Crippen LogP contribution >= 0.6 is 0 Å². The topological polar surface area (TPSA) is 70.7 Å².